The van der Waals surface area contributed by atoms with Crippen LogP contribution in [0.1, 0.15) is 6.42 Å². The molecule has 1 rings (SSSR count). The van der Waals surface area contributed by atoms with E-state index < -0.39 is 55.5 Å². The average molecular weight is 265 g/mol. The zero-order chi connectivity index (χ0) is 13.9. The number of aliphatic carboxylic acids is 2. The van der Waals surface area contributed by atoms with E-state index in [1.165, 1.54) is 0 Å². The van der Waals surface area contributed by atoms with Gasteiger partial charge in [-0.05, 0) is 0 Å². The summed E-state index contributed by atoms with van der Waals surface area (Å²) in [6, 6.07) is -1.47. The van der Waals surface area contributed by atoms with Crippen LogP contribution in [0.2, 0.25) is 0 Å². The Labute approximate surface area is 102 Å². The van der Waals surface area contributed by atoms with Crippen molar-refractivity contribution in [2.45, 2.75) is 37.0 Å². The molecule has 1 aliphatic heterocycles. The first kappa shape index (κ1) is 14.8. The molecule has 0 bridgehead atoms. The van der Waals surface area contributed by atoms with Crippen LogP contribution in [0.15, 0.2) is 0 Å². The molecule has 5 atom stereocenters. The topological polar surface area (TPSA) is 157 Å². The van der Waals surface area contributed by atoms with E-state index in [4.69, 9.17) is 20.1 Å². The first-order valence-electron chi connectivity index (χ1n) is 5.20. The predicted molar refractivity (Wildman–Crippen MR) is 54.6 cm³/mol. The number of ether oxygens (including phenoxy) is 1. The second-order valence-electron chi connectivity index (χ2n) is 3.91. The number of aliphatic hydroxyl groups is 3. The Morgan fingerprint density at radius 2 is 1.83 bits per heavy atom. The molecule has 0 unspecified atom stereocenters. The molecule has 0 radical (unpaired) electrons. The second-order valence-corrected chi connectivity index (χ2v) is 3.91. The normalized spacial score (nSPS) is 33.3. The van der Waals surface area contributed by atoms with Crippen LogP contribution in [0.25, 0.3) is 0 Å². The van der Waals surface area contributed by atoms with Crippen molar-refractivity contribution >= 4 is 11.9 Å². The zero-order valence-electron chi connectivity index (χ0n) is 9.26. The lowest BCUT2D eigenvalue weighted by Crippen LogP contribution is -2.49. The standard InChI is InChI=1S/C9H15NO8/c11-2-4-6(14)7(15)8(18-4)10-3(9(16)17)1-5(12)13/h3-4,6-8,10-11,14-15H,1-2H2,(H,12,13)(H,16,17)/t3-,4-,6-,7+,8+/m0/s1. The molecule has 9 heteroatoms. The van der Waals surface area contributed by atoms with E-state index in [2.05, 4.69) is 5.32 Å². The molecule has 9 nitrogen and oxygen atoms in total. The predicted octanol–water partition coefficient (Wildman–Crippen LogP) is -3.06. The summed E-state index contributed by atoms with van der Waals surface area (Å²) < 4.78 is 4.98. The summed E-state index contributed by atoms with van der Waals surface area (Å²) in [5, 5.41) is 47.4. The molecule has 1 fully saturated rings. The van der Waals surface area contributed by atoms with Crippen molar-refractivity contribution in [2.75, 3.05) is 6.61 Å². The Balaban J connectivity index is 2.64. The first-order valence-corrected chi connectivity index (χ1v) is 5.20. The van der Waals surface area contributed by atoms with Gasteiger partial charge in [0, 0.05) is 0 Å². The van der Waals surface area contributed by atoms with E-state index in [1.807, 2.05) is 0 Å². The molecule has 1 saturated heterocycles. The molecule has 18 heavy (non-hydrogen) atoms. The van der Waals surface area contributed by atoms with Gasteiger partial charge >= 0.3 is 11.9 Å². The highest BCUT2D eigenvalue weighted by Gasteiger charge is 2.43. The van der Waals surface area contributed by atoms with Gasteiger partial charge in [-0.25, -0.2) is 0 Å². The van der Waals surface area contributed by atoms with Crippen LogP contribution in [0.5, 0.6) is 0 Å². The smallest absolute Gasteiger partial charge is 0.321 e. The Hall–Kier alpha value is -1.26. The molecule has 104 valence electrons. The van der Waals surface area contributed by atoms with Crippen molar-refractivity contribution in [3.05, 3.63) is 0 Å². The summed E-state index contributed by atoms with van der Waals surface area (Å²) in [4.78, 5) is 21.2. The van der Waals surface area contributed by atoms with Crippen LogP contribution in [0, 0.1) is 0 Å². The number of carbonyl (C=O) groups is 2. The zero-order valence-corrected chi connectivity index (χ0v) is 9.26. The van der Waals surface area contributed by atoms with E-state index >= 15 is 0 Å². The highest BCUT2D eigenvalue weighted by Crippen LogP contribution is 2.20. The lowest BCUT2D eigenvalue weighted by molar-refractivity contribution is -0.147. The molecule has 0 aromatic rings. The Bertz CT molecular complexity index is 322. The number of rotatable bonds is 6. The molecular formula is C9H15NO8. The van der Waals surface area contributed by atoms with Gasteiger partial charge in [-0.1, -0.05) is 0 Å². The number of carboxylic acids is 2. The van der Waals surface area contributed by atoms with Crippen LogP contribution in [0.3, 0.4) is 0 Å². The quantitative estimate of drug-likeness (QED) is 0.293. The lowest BCUT2D eigenvalue weighted by Gasteiger charge is -2.20. The second kappa shape index (κ2) is 6.07. The van der Waals surface area contributed by atoms with E-state index in [0.29, 0.717) is 0 Å². The molecule has 0 amide bonds. The molecule has 6 N–H and O–H groups in total. The molecule has 0 saturated carbocycles. The van der Waals surface area contributed by atoms with Crippen LogP contribution in [-0.2, 0) is 14.3 Å². The number of hydrogen-bond acceptors (Lipinski definition) is 7. The van der Waals surface area contributed by atoms with Crippen molar-refractivity contribution in [2.24, 2.45) is 0 Å². The fourth-order valence-corrected chi connectivity index (χ4v) is 1.63. The fraction of sp³-hybridized carbons (Fsp3) is 0.778. The Morgan fingerprint density at radius 3 is 2.22 bits per heavy atom. The minimum absolute atomic E-state index is 0.549. The molecule has 0 aromatic carbocycles. The molecule has 1 heterocycles. The number of nitrogens with one attached hydrogen (secondary N) is 1. The Kier molecular flexibility index (Phi) is 4.99. The number of carboxylic acid groups (broad SMARTS) is 2. The van der Waals surface area contributed by atoms with Gasteiger partial charge in [0.25, 0.3) is 0 Å². The number of aliphatic hydroxyl groups excluding tert-OH is 3. The van der Waals surface area contributed by atoms with Crippen LogP contribution < -0.4 is 5.32 Å². The molecule has 0 aliphatic carbocycles. The van der Waals surface area contributed by atoms with Crippen molar-refractivity contribution in [1.29, 1.82) is 0 Å². The summed E-state index contributed by atoms with van der Waals surface area (Å²) in [5.41, 5.74) is 0. The van der Waals surface area contributed by atoms with Gasteiger partial charge in [0.15, 0.2) is 0 Å². The van der Waals surface area contributed by atoms with Gasteiger partial charge in [-0.2, -0.15) is 0 Å². The maximum Gasteiger partial charge on any atom is 0.321 e. The van der Waals surface area contributed by atoms with Crippen molar-refractivity contribution in [3.63, 3.8) is 0 Å². The summed E-state index contributed by atoms with van der Waals surface area (Å²) in [6.45, 7) is -0.549. The SMILES string of the molecule is O=C(O)C[C@H](N[C@@H]1O[C@@H](CO)[C@H](O)[C@H]1O)C(=O)O. The van der Waals surface area contributed by atoms with Crippen molar-refractivity contribution < 1.29 is 39.9 Å². The molecule has 0 spiro atoms. The summed E-state index contributed by atoms with van der Waals surface area (Å²) >= 11 is 0. The minimum Gasteiger partial charge on any atom is -0.481 e. The van der Waals surface area contributed by atoms with Gasteiger partial charge in [0.05, 0.1) is 13.0 Å². The minimum atomic E-state index is -1.47. The monoisotopic (exact) mass is 265 g/mol. The highest BCUT2D eigenvalue weighted by molar-refractivity contribution is 5.80. The molecular weight excluding hydrogens is 250 g/mol. The van der Waals surface area contributed by atoms with Gasteiger partial charge < -0.3 is 30.3 Å². The van der Waals surface area contributed by atoms with E-state index in [0.717, 1.165) is 0 Å². The molecule has 0 aromatic heterocycles. The van der Waals surface area contributed by atoms with Crippen LogP contribution >= 0.6 is 0 Å². The maximum atomic E-state index is 10.8. The molecule has 1 aliphatic rings. The highest BCUT2D eigenvalue weighted by atomic mass is 16.6. The van der Waals surface area contributed by atoms with E-state index in [9.17, 15) is 19.8 Å². The maximum absolute atomic E-state index is 10.8. The van der Waals surface area contributed by atoms with Gasteiger partial charge in [-0.15, -0.1) is 0 Å². The third-order valence-electron chi connectivity index (χ3n) is 2.58. The van der Waals surface area contributed by atoms with Crippen LogP contribution in [-0.4, -0.2) is 74.7 Å². The lowest BCUT2D eigenvalue weighted by atomic mass is 10.1. The van der Waals surface area contributed by atoms with Crippen molar-refractivity contribution in [1.82, 2.24) is 5.32 Å². The van der Waals surface area contributed by atoms with Gasteiger partial charge in [-0.3, -0.25) is 14.9 Å². The summed E-state index contributed by atoms with van der Waals surface area (Å²) in [7, 11) is 0. The average Bonchev–Trinajstić information content (AvgIpc) is 2.55. The first-order chi connectivity index (χ1) is 8.36. The van der Waals surface area contributed by atoms with Crippen molar-refractivity contribution in [3.8, 4) is 0 Å². The van der Waals surface area contributed by atoms with E-state index in [-0.39, 0.29) is 0 Å². The number of hydrogen-bond donors (Lipinski definition) is 6. The Morgan fingerprint density at radius 1 is 1.22 bits per heavy atom. The summed E-state index contributed by atoms with van der Waals surface area (Å²) in [6.07, 6.45) is -5.82. The fourth-order valence-electron chi connectivity index (χ4n) is 1.63. The van der Waals surface area contributed by atoms with Gasteiger partial charge in [0.2, 0.25) is 0 Å². The van der Waals surface area contributed by atoms with Crippen LogP contribution in [0.4, 0.5) is 0 Å². The van der Waals surface area contributed by atoms with Gasteiger partial charge in [0.1, 0.15) is 30.6 Å². The third kappa shape index (κ3) is 3.37. The van der Waals surface area contributed by atoms with E-state index in [1.54, 1.807) is 0 Å². The summed E-state index contributed by atoms with van der Waals surface area (Å²) in [5.74, 6) is -2.75. The third-order valence-corrected chi connectivity index (χ3v) is 2.58. The largest absolute Gasteiger partial charge is 0.481 e.